The van der Waals surface area contributed by atoms with E-state index in [2.05, 4.69) is 13.8 Å². The van der Waals surface area contributed by atoms with Gasteiger partial charge in [0.1, 0.15) is 5.56 Å². The van der Waals surface area contributed by atoms with Gasteiger partial charge in [0.25, 0.3) is 0 Å². The average Bonchev–Trinajstić information content (AvgIpc) is 2.45. The fraction of sp³-hybridized carbons (Fsp3) is 0.500. The molecule has 2 aromatic rings. The van der Waals surface area contributed by atoms with Gasteiger partial charge in [-0.05, 0) is 31.9 Å². The third-order valence-electron chi connectivity index (χ3n) is 3.58. The lowest BCUT2D eigenvalue weighted by Gasteiger charge is -2.13. The molecule has 0 aliphatic rings. The van der Waals surface area contributed by atoms with E-state index in [1.54, 1.807) is 14.2 Å². The van der Waals surface area contributed by atoms with Gasteiger partial charge in [-0.1, -0.05) is 13.8 Å². The number of hydrogen-bond donors (Lipinski definition) is 0. The second-order valence-electron chi connectivity index (χ2n) is 5.93. The SMILES string of the molecule is COc1cc2c(C)[o+]c(OC(C)C)c(C(C)C)c2cc1OC. The highest BCUT2D eigenvalue weighted by Crippen LogP contribution is 2.41. The molecule has 0 aliphatic carbocycles. The van der Waals surface area contributed by atoms with E-state index in [9.17, 15) is 0 Å². The molecule has 0 N–H and O–H groups in total. The Morgan fingerprint density at radius 1 is 0.909 bits per heavy atom. The minimum atomic E-state index is 0.0539. The molecule has 0 amide bonds. The van der Waals surface area contributed by atoms with E-state index in [1.807, 2.05) is 32.9 Å². The summed E-state index contributed by atoms with van der Waals surface area (Å²) in [4.78, 5) is 0. The van der Waals surface area contributed by atoms with Gasteiger partial charge in [-0.2, -0.15) is 0 Å². The standard InChI is InChI=1S/C18H25O4/c1-10(2)17-14-9-16(20-7)15(19-6)8-13(14)12(5)22-18(17)21-11(3)4/h8-11H,1-7H3/q+1. The average molecular weight is 305 g/mol. The molecule has 22 heavy (non-hydrogen) atoms. The molecule has 120 valence electrons. The predicted octanol–water partition coefficient (Wildman–Crippen LogP) is 4.95. The Morgan fingerprint density at radius 2 is 1.45 bits per heavy atom. The minimum Gasteiger partial charge on any atom is -0.493 e. The maximum Gasteiger partial charge on any atom is 0.522 e. The van der Waals surface area contributed by atoms with Crippen LogP contribution in [0.5, 0.6) is 17.4 Å². The molecule has 0 fully saturated rings. The van der Waals surface area contributed by atoms with E-state index < -0.39 is 0 Å². The van der Waals surface area contributed by atoms with Crippen LogP contribution in [0.2, 0.25) is 0 Å². The molecule has 0 saturated carbocycles. The quantitative estimate of drug-likeness (QED) is 0.733. The zero-order valence-electron chi connectivity index (χ0n) is 14.4. The number of benzene rings is 1. The third kappa shape index (κ3) is 2.96. The predicted molar refractivity (Wildman–Crippen MR) is 88.3 cm³/mol. The Balaban J connectivity index is 2.83. The summed E-state index contributed by atoms with van der Waals surface area (Å²) in [6, 6.07) is 3.96. The molecule has 0 radical (unpaired) electrons. The third-order valence-corrected chi connectivity index (χ3v) is 3.58. The van der Waals surface area contributed by atoms with E-state index in [0.717, 1.165) is 22.1 Å². The van der Waals surface area contributed by atoms with Crippen molar-refractivity contribution in [2.45, 2.75) is 46.6 Å². The second kappa shape index (κ2) is 6.42. The van der Waals surface area contributed by atoms with Crippen LogP contribution in [-0.4, -0.2) is 20.3 Å². The van der Waals surface area contributed by atoms with Gasteiger partial charge in [0, 0.05) is 12.3 Å². The highest BCUT2D eigenvalue weighted by molar-refractivity contribution is 5.91. The van der Waals surface area contributed by atoms with Gasteiger partial charge in [0.15, 0.2) is 17.6 Å². The highest BCUT2D eigenvalue weighted by atomic mass is 16.6. The number of ether oxygens (including phenoxy) is 3. The molecule has 4 nitrogen and oxygen atoms in total. The molecule has 1 aromatic heterocycles. The molecule has 4 heteroatoms. The molecular formula is C18H25O4+. The molecule has 1 aromatic carbocycles. The Kier molecular flexibility index (Phi) is 4.79. The molecule has 0 unspecified atom stereocenters. The van der Waals surface area contributed by atoms with Gasteiger partial charge in [0.2, 0.25) is 5.76 Å². The number of aryl methyl sites for hydroxylation is 1. The van der Waals surface area contributed by atoms with Crippen molar-refractivity contribution in [1.82, 2.24) is 0 Å². The number of hydrogen-bond acceptors (Lipinski definition) is 3. The number of fused-ring (bicyclic) bond motifs is 1. The lowest BCUT2D eigenvalue weighted by Crippen LogP contribution is -2.09. The Labute approximate surface area is 132 Å². The van der Waals surface area contributed by atoms with E-state index in [0.29, 0.717) is 17.4 Å². The van der Waals surface area contributed by atoms with Crippen molar-refractivity contribution in [3.05, 3.63) is 23.5 Å². The van der Waals surface area contributed by atoms with Crippen LogP contribution >= 0.6 is 0 Å². The lowest BCUT2D eigenvalue weighted by molar-refractivity contribution is 0.176. The van der Waals surface area contributed by atoms with E-state index in [4.69, 9.17) is 18.6 Å². The van der Waals surface area contributed by atoms with Crippen molar-refractivity contribution in [1.29, 1.82) is 0 Å². The van der Waals surface area contributed by atoms with Gasteiger partial charge in [-0.25, -0.2) is 0 Å². The second-order valence-corrected chi connectivity index (χ2v) is 5.93. The molecular weight excluding hydrogens is 280 g/mol. The van der Waals surface area contributed by atoms with Gasteiger partial charge in [0.05, 0.1) is 19.6 Å². The van der Waals surface area contributed by atoms with Gasteiger partial charge in [-0.15, -0.1) is 0 Å². The van der Waals surface area contributed by atoms with Gasteiger partial charge in [-0.3, -0.25) is 4.42 Å². The van der Waals surface area contributed by atoms with Crippen molar-refractivity contribution >= 4 is 10.8 Å². The van der Waals surface area contributed by atoms with Crippen LogP contribution in [0, 0.1) is 6.92 Å². The van der Waals surface area contributed by atoms with Crippen molar-refractivity contribution in [3.63, 3.8) is 0 Å². The van der Waals surface area contributed by atoms with Gasteiger partial charge >= 0.3 is 5.95 Å². The Hall–Kier alpha value is -1.97. The summed E-state index contributed by atoms with van der Waals surface area (Å²) in [6.07, 6.45) is 0.0539. The summed E-state index contributed by atoms with van der Waals surface area (Å²) in [5.74, 6) is 3.05. The van der Waals surface area contributed by atoms with Crippen LogP contribution < -0.4 is 14.2 Å². The van der Waals surface area contributed by atoms with Crippen molar-refractivity contribution in [3.8, 4) is 17.4 Å². The smallest absolute Gasteiger partial charge is 0.493 e. The van der Waals surface area contributed by atoms with Crippen LogP contribution in [0.25, 0.3) is 10.8 Å². The summed E-state index contributed by atoms with van der Waals surface area (Å²) in [6.45, 7) is 10.2. The largest absolute Gasteiger partial charge is 0.522 e. The molecule has 2 rings (SSSR count). The number of methoxy groups -OCH3 is 2. The van der Waals surface area contributed by atoms with Crippen LogP contribution in [0.4, 0.5) is 0 Å². The van der Waals surface area contributed by atoms with Crippen LogP contribution in [0.15, 0.2) is 16.5 Å². The molecule has 0 bridgehead atoms. The normalized spacial score (nSPS) is 11.3. The Bertz CT molecular complexity index is 675. The van der Waals surface area contributed by atoms with Crippen LogP contribution in [0.3, 0.4) is 0 Å². The Morgan fingerprint density at radius 3 is 1.91 bits per heavy atom. The first-order chi connectivity index (χ1) is 10.4. The fourth-order valence-corrected chi connectivity index (χ4v) is 2.60. The lowest BCUT2D eigenvalue weighted by atomic mass is 9.97. The number of rotatable bonds is 5. The molecule has 0 atom stereocenters. The van der Waals surface area contributed by atoms with E-state index >= 15 is 0 Å². The maximum absolute atomic E-state index is 5.95. The fourth-order valence-electron chi connectivity index (χ4n) is 2.60. The molecule has 0 spiro atoms. The summed E-state index contributed by atoms with van der Waals surface area (Å²) in [5, 5.41) is 2.09. The van der Waals surface area contributed by atoms with Crippen molar-refractivity contribution < 1.29 is 18.6 Å². The molecule has 0 saturated heterocycles. The van der Waals surface area contributed by atoms with E-state index in [1.165, 1.54) is 0 Å². The monoisotopic (exact) mass is 305 g/mol. The minimum absolute atomic E-state index is 0.0539. The van der Waals surface area contributed by atoms with Crippen molar-refractivity contribution in [2.75, 3.05) is 14.2 Å². The summed E-state index contributed by atoms with van der Waals surface area (Å²) >= 11 is 0. The summed E-state index contributed by atoms with van der Waals surface area (Å²) in [7, 11) is 3.28. The highest BCUT2D eigenvalue weighted by Gasteiger charge is 2.28. The van der Waals surface area contributed by atoms with Crippen LogP contribution in [0.1, 0.15) is 44.9 Å². The first kappa shape index (κ1) is 16.4. The zero-order valence-corrected chi connectivity index (χ0v) is 14.4. The molecule has 1 heterocycles. The van der Waals surface area contributed by atoms with Crippen molar-refractivity contribution in [2.24, 2.45) is 0 Å². The first-order valence-electron chi connectivity index (χ1n) is 7.58. The zero-order chi connectivity index (χ0) is 16.4. The molecule has 0 aliphatic heterocycles. The maximum atomic E-state index is 5.95. The van der Waals surface area contributed by atoms with Gasteiger partial charge < -0.3 is 14.2 Å². The summed E-state index contributed by atoms with van der Waals surface area (Å²) in [5.41, 5.74) is 1.05. The van der Waals surface area contributed by atoms with E-state index in [-0.39, 0.29) is 12.0 Å². The van der Waals surface area contributed by atoms with Crippen LogP contribution in [-0.2, 0) is 0 Å². The topological polar surface area (TPSA) is 39.0 Å². The summed E-state index contributed by atoms with van der Waals surface area (Å²) < 4.78 is 22.7. The first-order valence-corrected chi connectivity index (χ1v) is 7.58.